The lowest BCUT2D eigenvalue weighted by atomic mass is 10.0. The van der Waals surface area contributed by atoms with Gasteiger partial charge in [0.2, 0.25) is 0 Å². The summed E-state index contributed by atoms with van der Waals surface area (Å²) in [5.41, 5.74) is 1.17. The summed E-state index contributed by atoms with van der Waals surface area (Å²) in [5.74, 6) is 0. The second-order valence-corrected chi connectivity index (χ2v) is 3.68. The molecular weight excluding hydrogens is 190 g/mol. The van der Waals surface area contributed by atoms with Crippen LogP contribution in [0.3, 0.4) is 0 Å². The van der Waals surface area contributed by atoms with E-state index in [2.05, 4.69) is 17.4 Å². The summed E-state index contributed by atoms with van der Waals surface area (Å²) in [7, 11) is 1.73. The third-order valence-electron chi connectivity index (χ3n) is 2.68. The van der Waals surface area contributed by atoms with Gasteiger partial charge in [-0.05, 0) is 5.56 Å². The Labute approximate surface area is 90.4 Å². The lowest BCUT2D eigenvalue weighted by Gasteiger charge is -2.30. The molecular formula is C12H17NO2. The first-order valence-corrected chi connectivity index (χ1v) is 5.32. The Morgan fingerprint density at radius 2 is 2.20 bits per heavy atom. The number of hydrogen-bond donors (Lipinski definition) is 1. The van der Waals surface area contributed by atoms with Gasteiger partial charge in [0.1, 0.15) is 12.2 Å². The van der Waals surface area contributed by atoms with Gasteiger partial charge in [-0.1, -0.05) is 30.3 Å². The van der Waals surface area contributed by atoms with Crippen LogP contribution in [0.5, 0.6) is 0 Å². The molecule has 3 heteroatoms. The van der Waals surface area contributed by atoms with Crippen molar-refractivity contribution in [3.8, 4) is 0 Å². The highest BCUT2D eigenvalue weighted by Crippen LogP contribution is 2.23. The average molecular weight is 207 g/mol. The molecule has 0 bridgehead atoms. The third kappa shape index (κ3) is 2.56. The molecule has 0 radical (unpaired) electrons. The highest BCUT2D eigenvalue weighted by molar-refractivity contribution is 5.19. The SMILES string of the molecule is CO[C@H](c1ccccc1)C1CNCCO1. The van der Waals surface area contributed by atoms with Crippen LogP contribution in [0.4, 0.5) is 0 Å². The van der Waals surface area contributed by atoms with Gasteiger partial charge >= 0.3 is 0 Å². The molecule has 1 unspecified atom stereocenters. The molecule has 0 spiro atoms. The van der Waals surface area contributed by atoms with Crippen LogP contribution >= 0.6 is 0 Å². The maximum absolute atomic E-state index is 5.70. The molecule has 15 heavy (non-hydrogen) atoms. The third-order valence-corrected chi connectivity index (χ3v) is 2.68. The zero-order valence-corrected chi connectivity index (χ0v) is 8.98. The largest absolute Gasteiger partial charge is 0.374 e. The minimum atomic E-state index is 0.0269. The molecule has 1 aliphatic rings. The van der Waals surface area contributed by atoms with E-state index in [9.17, 15) is 0 Å². The molecule has 2 atom stereocenters. The van der Waals surface area contributed by atoms with Crippen LogP contribution in [-0.4, -0.2) is 32.9 Å². The molecule has 0 aliphatic carbocycles. The van der Waals surface area contributed by atoms with E-state index < -0.39 is 0 Å². The van der Waals surface area contributed by atoms with E-state index in [0.717, 1.165) is 19.7 Å². The normalized spacial score (nSPS) is 23.7. The van der Waals surface area contributed by atoms with Crippen LogP contribution in [0.2, 0.25) is 0 Å². The van der Waals surface area contributed by atoms with Gasteiger partial charge in [-0.25, -0.2) is 0 Å². The van der Waals surface area contributed by atoms with Gasteiger partial charge in [0.15, 0.2) is 0 Å². The number of rotatable bonds is 3. The van der Waals surface area contributed by atoms with Crippen LogP contribution in [-0.2, 0) is 9.47 Å². The van der Waals surface area contributed by atoms with Crippen molar-refractivity contribution >= 4 is 0 Å². The molecule has 1 aliphatic heterocycles. The Morgan fingerprint density at radius 1 is 1.40 bits per heavy atom. The molecule has 0 saturated carbocycles. The molecule has 2 rings (SSSR count). The Kier molecular flexibility index (Phi) is 3.72. The van der Waals surface area contributed by atoms with E-state index >= 15 is 0 Å². The van der Waals surface area contributed by atoms with E-state index in [1.807, 2.05) is 18.2 Å². The number of benzene rings is 1. The van der Waals surface area contributed by atoms with Crippen LogP contribution in [0.1, 0.15) is 11.7 Å². The first kappa shape index (κ1) is 10.6. The van der Waals surface area contributed by atoms with E-state index in [0.29, 0.717) is 0 Å². The molecule has 1 heterocycles. The topological polar surface area (TPSA) is 30.5 Å². The number of morpholine rings is 1. The molecule has 1 aromatic carbocycles. The predicted molar refractivity (Wildman–Crippen MR) is 58.8 cm³/mol. The maximum atomic E-state index is 5.70. The Hall–Kier alpha value is -0.900. The first-order chi connectivity index (χ1) is 7.42. The summed E-state index contributed by atoms with van der Waals surface area (Å²) in [6, 6.07) is 10.2. The molecule has 1 fully saturated rings. The van der Waals surface area contributed by atoms with E-state index in [1.54, 1.807) is 7.11 Å². The van der Waals surface area contributed by atoms with Crippen molar-refractivity contribution in [1.82, 2.24) is 5.32 Å². The number of nitrogens with one attached hydrogen (secondary N) is 1. The highest BCUT2D eigenvalue weighted by Gasteiger charge is 2.25. The number of hydrogen-bond acceptors (Lipinski definition) is 3. The zero-order valence-electron chi connectivity index (χ0n) is 8.98. The lowest BCUT2D eigenvalue weighted by molar-refractivity contribution is -0.0708. The number of ether oxygens (including phenoxy) is 2. The van der Waals surface area contributed by atoms with Crippen molar-refractivity contribution in [2.24, 2.45) is 0 Å². The summed E-state index contributed by atoms with van der Waals surface area (Å²) in [6.45, 7) is 2.55. The fourth-order valence-electron chi connectivity index (χ4n) is 1.93. The minimum Gasteiger partial charge on any atom is -0.374 e. The summed E-state index contributed by atoms with van der Waals surface area (Å²) in [6.07, 6.45) is 0.144. The molecule has 1 N–H and O–H groups in total. The molecule has 0 amide bonds. The molecule has 1 aromatic rings. The lowest BCUT2D eigenvalue weighted by Crippen LogP contribution is -2.42. The number of methoxy groups -OCH3 is 1. The summed E-state index contributed by atoms with van der Waals surface area (Å²) in [4.78, 5) is 0. The van der Waals surface area contributed by atoms with Crippen molar-refractivity contribution in [3.63, 3.8) is 0 Å². The van der Waals surface area contributed by atoms with E-state index in [4.69, 9.17) is 9.47 Å². The van der Waals surface area contributed by atoms with Gasteiger partial charge in [-0.2, -0.15) is 0 Å². The standard InChI is InChI=1S/C12H17NO2/c1-14-12(10-5-3-2-4-6-10)11-9-13-7-8-15-11/h2-6,11-13H,7-9H2,1H3/t11?,12-/m1/s1. The Morgan fingerprint density at radius 3 is 2.80 bits per heavy atom. The quantitative estimate of drug-likeness (QED) is 0.812. The summed E-state index contributed by atoms with van der Waals surface area (Å²) >= 11 is 0. The van der Waals surface area contributed by atoms with Gasteiger partial charge in [-0.15, -0.1) is 0 Å². The van der Waals surface area contributed by atoms with Crippen LogP contribution in [0.25, 0.3) is 0 Å². The van der Waals surface area contributed by atoms with Crippen LogP contribution in [0, 0.1) is 0 Å². The fraction of sp³-hybridized carbons (Fsp3) is 0.500. The molecule has 0 aromatic heterocycles. The smallest absolute Gasteiger partial charge is 0.109 e. The molecule has 82 valence electrons. The van der Waals surface area contributed by atoms with Crippen molar-refractivity contribution in [2.45, 2.75) is 12.2 Å². The predicted octanol–water partition coefficient (Wildman–Crippen LogP) is 1.36. The van der Waals surface area contributed by atoms with E-state index in [-0.39, 0.29) is 12.2 Å². The zero-order chi connectivity index (χ0) is 10.5. The van der Waals surface area contributed by atoms with Gasteiger partial charge in [0, 0.05) is 20.2 Å². The fourth-order valence-corrected chi connectivity index (χ4v) is 1.93. The monoisotopic (exact) mass is 207 g/mol. The summed E-state index contributed by atoms with van der Waals surface area (Å²) in [5, 5.41) is 3.31. The van der Waals surface area contributed by atoms with Gasteiger partial charge in [-0.3, -0.25) is 0 Å². The first-order valence-electron chi connectivity index (χ1n) is 5.32. The van der Waals surface area contributed by atoms with E-state index in [1.165, 1.54) is 5.56 Å². The second-order valence-electron chi connectivity index (χ2n) is 3.68. The van der Waals surface area contributed by atoms with Crippen molar-refractivity contribution in [1.29, 1.82) is 0 Å². The van der Waals surface area contributed by atoms with Crippen molar-refractivity contribution in [3.05, 3.63) is 35.9 Å². The Bertz CT molecular complexity index is 283. The van der Waals surface area contributed by atoms with Crippen LogP contribution in [0.15, 0.2) is 30.3 Å². The van der Waals surface area contributed by atoms with Gasteiger partial charge in [0.05, 0.1) is 6.61 Å². The summed E-state index contributed by atoms with van der Waals surface area (Å²) < 4.78 is 11.2. The molecule has 3 nitrogen and oxygen atoms in total. The molecule has 1 saturated heterocycles. The Balaban J connectivity index is 2.09. The van der Waals surface area contributed by atoms with Gasteiger partial charge < -0.3 is 14.8 Å². The highest BCUT2D eigenvalue weighted by atomic mass is 16.5. The van der Waals surface area contributed by atoms with Gasteiger partial charge in [0.25, 0.3) is 0 Å². The van der Waals surface area contributed by atoms with Crippen molar-refractivity contribution in [2.75, 3.05) is 26.8 Å². The van der Waals surface area contributed by atoms with Crippen LogP contribution < -0.4 is 5.32 Å². The van der Waals surface area contributed by atoms with Crippen molar-refractivity contribution < 1.29 is 9.47 Å². The minimum absolute atomic E-state index is 0.0269. The average Bonchev–Trinajstić information content (AvgIpc) is 2.33. The maximum Gasteiger partial charge on any atom is 0.109 e. The second kappa shape index (κ2) is 5.26.